The number of carbonyl (C=O) groups excluding carboxylic acids is 1. The minimum atomic E-state index is 0.119. The molecule has 4 nitrogen and oxygen atoms in total. The molecule has 1 saturated heterocycles. The molecule has 0 unspecified atom stereocenters. The van der Waals surface area contributed by atoms with Crippen LogP contribution in [0.15, 0.2) is 0 Å². The predicted octanol–water partition coefficient (Wildman–Crippen LogP) is 1.40. The van der Waals surface area contributed by atoms with E-state index < -0.39 is 0 Å². The van der Waals surface area contributed by atoms with Crippen molar-refractivity contribution in [3.05, 3.63) is 0 Å². The highest BCUT2D eigenvalue weighted by Gasteiger charge is 2.13. The number of hydrogen-bond donors (Lipinski definition) is 2. The summed E-state index contributed by atoms with van der Waals surface area (Å²) in [6.45, 7) is 3.42. The Bertz CT molecular complexity index is 221. The molecule has 0 aliphatic carbocycles. The lowest BCUT2D eigenvalue weighted by molar-refractivity contribution is -0.122. The van der Waals surface area contributed by atoms with Gasteiger partial charge >= 0.3 is 0 Å². The predicted molar refractivity (Wildman–Crippen MR) is 77.1 cm³/mol. The molecular formula is C13H26N2O2S. The summed E-state index contributed by atoms with van der Waals surface area (Å²) in [5.74, 6) is 1.29. The number of rotatable bonds is 9. The summed E-state index contributed by atoms with van der Waals surface area (Å²) in [4.78, 5) is 11.5. The lowest BCUT2D eigenvalue weighted by atomic mass is 10.1. The van der Waals surface area contributed by atoms with Crippen molar-refractivity contribution in [3.63, 3.8) is 0 Å². The van der Waals surface area contributed by atoms with Gasteiger partial charge < -0.3 is 15.4 Å². The van der Waals surface area contributed by atoms with E-state index in [4.69, 9.17) is 4.74 Å². The lowest BCUT2D eigenvalue weighted by Crippen LogP contribution is -2.33. The normalized spacial score (nSPS) is 16.7. The van der Waals surface area contributed by atoms with E-state index in [1.807, 2.05) is 11.8 Å². The van der Waals surface area contributed by atoms with Crippen LogP contribution in [0.25, 0.3) is 0 Å². The molecule has 18 heavy (non-hydrogen) atoms. The monoisotopic (exact) mass is 274 g/mol. The summed E-state index contributed by atoms with van der Waals surface area (Å²) in [6, 6.07) is 0. The van der Waals surface area contributed by atoms with Crippen molar-refractivity contribution in [2.45, 2.75) is 38.2 Å². The van der Waals surface area contributed by atoms with Crippen LogP contribution in [-0.4, -0.2) is 50.3 Å². The summed E-state index contributed by atoms with van der Waals surface area (Å²) in [7, 11) is 0. The first-order chi connectivity index (χ1) is 8.83. The summed E-state index contributed by atoms with van der Waals surface area (Å²) in [5, 5.41) is 6.24. The van der Waals surface area contributed by atoms with Gasteiger partial charge in [0, 0.05) is 13.0 Å². The number of amides is 1. The quantitative estimate of drug-likeness (QED) is 0.624. The van der Waals surface area contributed by atoms with Crippen LogP contribution in [0.1, 0.15) is 32.1 Å². The van der Waals surface area contributed by atoms with Gasteiger partial charge in [-0.25, -0.2) is 0 Å². The number of thioether (sulfide) groups is 1. The molecule has 1 aliphatic heterocycles. The van der Waals surface area contributed by atoms with Crippen LogP contribution in [0.5, 0.6) is 0 Å². The average molecular weight is 274 g/mol. The first-order valence-electron chi connectivity index (χ1n) is 6.91. The van der Waals surface area contributed by atoms with Crippen LogP contribution in [-0.2, 0) is 9.53 Å². The highest BCUT2D eigenvalue weighted by atomic mass is 32.2. The maximum atomic E-state index is 11.5. The molecule has 0 bridgehead atoms. The minimum Gasteiger partial charge on any atom is -0.378 e. The van der Waals surface area contributed by atoms with Crippen LogP contribution in [0, 0.1) is 0 Å². The molecule has 1 amide bonds. The fourth-order valence-electron chi connectivity index (χ4n) is 1.97. The van der Waals surface area contributed by atoms with E-state index >= 15 is 0 Å². The molecule has 0 saturated carbocycles. The van der Waals surface area contributed by atoms with Gasteiger partial charge in [0.05, 0.1) is 12.7 Å². The molecule has 1 rings (SSSR count). The fourth-order valence-corrected chi connectivity index (χ4v) is 2.46. The van der Waals surface area contributed by atoms with Crippen molar-refractivity contribution in [3.8, 4) is 0 Å². The van der Waals surface area contributed by atoms with E-state index in [1.165, 1.54) is 12.2 Å². The van der Waals surface area contributed by atoms with Gasteiger partial charge in [0.2, 0.25) is 5.91 Å². The van der Waals surface area contributed by atoms with Gasteiger partial charge in [-0.05, 0) is 50.8 Å². The number of hydrogen-bond acceptors (Lipinski definition) is 4. The third-order valence-electron chi connectivity index (χ3n) is 3.07. The van der Waals surface area contributed by atoms with Gasteiger partial charge in [-0.1, -0.05) is 0 Å². The van der Waals surface area contributed by atoms with E-state index in [2.05, 4.69) is 16.9 Å². The maximum Gasteiger partial charge on any atom is 0.222 e. The van der Waals surface area contributed by atoms with Gasteiger partial charge in [0.1, 0.15) is 0 Å². The standard InChI is InChI=1S/C13H26N2O2S/c1-18-11-3-2-7-15-13(16)6-10-17-12-4-8-14-9-5-12/h12,14H,2-11H2,1H3,(H,15,16). The van der Waals surface area contributed by atoms with Crippen molar-refractivity contribution in [1.29, 1.82) is 0 Å². The van der Waals surface area contributed by atoms with E-state index in [9.17, 15) is 4.79 Å². The molecule has 5 heteroatoms. The number of nitrogens with one attached hydrogen (secondary N) is 2. The SMILES string of the molecule is CSCCCCNC(=O)CCOC1CCNCC1. The molecule has 0 spiro atoms. The van der Waals surface area contributed by atoms with Crippen LogP contribution < -0.4 is 10.6 Å². The van der Waals surface area contributed by atoms with E-state index in [-0.39, 0.29) is 5.91 Å². The molecule has 0 aromatic rings. The first-order valence-corrected chi connectivity index (χ1v) is 8.30. The molecule has 0 aromatic carbocycles. The molecule has 0 atom stereocenters. The van der Waals surface area contributed by atoms with Crippen molar-refractivity contribution in [1.82, 2.24) is 10.6 Å². The van der Waals surface area contributed by atoms with Crippen LogP contribution in [0.4, 0.5) is 0 Å². The Morgan fingerprint density at radius 2 is 2.17 bits per heavy atom. The number of piperidine rings is 1. The number of ether oxygens (including phenoxy) is 1. The summed E-state index contributed by atoms with van der Waals surface area (Å²) >= 11 is 1.85. The molecule has 0 aromatic heterocycles. The molecule has 2 N–H and O–H groups in total. The van der Waals surface area contributed by atoms with E-state index in [1.54, 1.807) is 0 Å². The van der Waals surface area contributed by atoms with Crippen molar-refractivity contribution < 1.29 is 9.53 Å². The van der Waals surface area contributed by atoms with Crippen LogP contribution in [0.3, 0.4) is 0 Å². The van der Waals surface area contributed by atoms with Gasteiger partial charge in [0.15, 0.2) is 0 Å². The Kier molecular flexibility index (Phi) is 9.34. The third kappa shape index (κ3) is 7.95. The van der Waals surface area contributed by atoms with Gasteiger partial charge in [-0.3, -0.25) is 4.79 Å². The first kappa shape index (κ1) is 15.8. The summed E-state index contributed by atoms with van der Waals surface area (Å²) in [6.07, 6.45) is 7.32. The smallest absolute Gasteiger partial charge is 0.222 e. The van der Waals surface area contributed by atoms with Gasteiger partial charge in [-0.2, -0.15) is 11.8 Å². The van der Waals surface area contributed by atoms with Crippen molar-refractivity contribution in [2.24, 2.45) is 0 Å². The van der Waals surface area contributed by atoms with E-state index in [0.717, 1.165) is 38.9 Å². The zero-order valence-corrected chi connectivity index (χ0v) is 12.2. The second-order valence-corrected chi connectivity index (χ2v) is 5.61. The fraction of sp³-hybridized carbons (Fsp3) is 0.923. The molecule has 1 heterocycles. The zero-order valence-electron chi connectivity index (χ0n) is 11.4. The van der Waals surface area contributed by atoms with Crippen molar-refractivity contribution >= 4 is 17.7 Å². The molecule has 1 fully saturated rings. The molecule has 0 radical (unpaired) electrons. The second kappa shape index (κ2) is 10.6. The second-order valence-electron chi connectivity index (χ2n) is 4.62. The maximum absolute atomic E-state index is 11.5. The number of unbranched alkanes of at least 4 members (excludes halogenated alkanes) is 1. The highest BCUT2D eigenvalue weighted by molar-refractivity contribution is 7.98. The van der Waals surface area contributed by atoms with Gasteiger partial charge in [-0.15, -0.1) is 0 Å². The summed E-state index contributed by atoms with van der Waals surface area (Å²) < 4.78 is 5.69. The van der Waals surface area contributed by atoms with Gasteiger partial charge in [0.25, 0.3) is 0 Å². The molecule has 1 aliphatic rings. The van der Waals surface area contributed by atoms with Crippen LogP contribution >= 0.6 is 11.8 Å². The Labute approximate surface area is 115 Å². The average Bonchev–Trinajstić information content (AvgIpc) is 2.40. The Hall–Kier alpha value is -0.260. The topological polar surface area (TPSA) is 50.4 Å². The molecule has 106 valence electrons. The Morgan fingerprint density at radius 3 is 2.89 bits per heavy atom. The highest BCUT2D eigenvalue weighted by Crippen LogP contribution is 2.07. The third-order valence-corrected chi connectivity index (χ3v) is 3.76. The number of carbonyl (C=O) groups is 1. The largest absolute Gasteiger partial charge is 0.378 e. The van der Waals surface area contributed by atoms with E-state index in [0.29, 0.717) is 19.1 Å². The lowest BCUT2D eigenvalue weighted by Gasteiger charge is -2.22. The van der Waals surface area contributed by atoms with Crippen molar-refractivity contribution in [2.75, 3.05) is 38.2 Å². The minimum absolute atomic E-state index is 0.119. The molecular weight excluding hydrogens is 248 g/mol. The van der Waals surface area contributed by atoms with Crippen LogP contribution in [0.2, 0.25) is 0 Å². The Morgan fingerprint density at radius 1 is 1.39 bits per heavy atom. The zero-order chi connectivity index (χ0) is 13.1. The Balaban J connectivity index is 1.89. The summed E-state index contributed by atoms with van der Waals surface area (Å²) in [5.41, 5.74) is 0.